The van der Waals surface area contributed by atoms with E-state index in [0.29, 0.717) is 13.1 Å². The van der Waals surface area contributed by atoms with E-state index >= 15 is 0 Å². The average Bonchev–Trinajstić information content (AvgIpc) is 2.04. The van der Waals surface area contributed by atoms with Crippen LogP contribution in [0.4, 0.5) is 4.39 Å². The van der Waals surface area contributed by atoms with E-state index in [1.165, 1.54) is 0 Å². The summed E-state index contributed by atoms with van der Waals surface area (Å²) in [4.78, 5) is 2.10. The van der Waals surface area contributed by atoms with Crippen molar-refractivity contribution in [3.63, 3.8) is 0 Å². The van der Waals surface area contributed by atoms with E-state index in [-0.39, 0.29) is 6.10 Å². The maximum Gasteiger partial charge on any atom is 0.125 e. The van der Waals surface area contributed by atoms with Crippen molar-refractivity contribution in [2.75, 3.05) is 39.3 Å². The van der Waals surface area contributed by atoms with Crippen molar-refractivity contribution in [1.29, 1.82) is 0 Å². The van der Waals surface area contributed by atoms with Crippen LogP contribution >= 0.6 is 0 Å². The highest BCUT2D eigenvalue weighted by molar-refractivity contribution is 4.82. The number of nitrogens with one attached hydrogen (secondary N) is 1. The van der Waals surface area contributed by atoms with Crippen LogP contribution in [0.5, 0.6) is 0 Å². The minimum Gasteiger partial charge on any atom is -0.374 e. The highest BCUT2D eigenvalue weighted by Crippen LogP contribution is 2.12. The largest absolute Gasteiger partial charge is 0.374 e. The summed E-state index contributed by atoms with van der Waals surface area (Å²) in [6.45, 7) is 4.72. The minimum absolute atomic E-state index is 0.270. The number of halogens is 1. The fourth-order valence-corrected chi connectivity index (χ4v) is 1.68. The van der Waals surface area contributed by atoms with Gasteiger partial charge >= 0.3 is 0 Å². The Hall–Kier alpha value is -0.190. The molecule has 0 amide bonds. The third-order valence-corrected chi connectivity index (χ3v) is 2.38. The van der Waals surface area contributed by atoms with E-state index in [2.05, 4.69) is 10.2 Å². The van der Waals surface area contributed by atoms with Crippen molar-refractivity contribution < 1.29 is 9.13 Å². The van der Waals surface area contributed by atoms with E-state index in [4.69, 9.17) is 4.74 Å². The quantitative estimate of drug-likeness (QED) is 0.618. The van der Waals surface area contributed by atoms with Crippen LogP contribution in [0.3, 0.4) is 0 Å². The minimum atomic E-state index is -0.596. The molecule has 2 fully saturated rings. The fraction of sp³-hybridized carbons (Fsp3) is 1.00. The van der Waals surface area contributed by atoms with Crippen molar-refractivity contribution in [2.24, 2.45) is 0 Å². The molecule has 0 radical (unpaired) electrons. The first-order valence-corrected chi connectivity index (χ1v) is 4.53. The van der Waals surface area contributed by atoms with Crippen LogP contribution in [0.15, 0.2) is 0 Å². The normalized spacial score (nSPS) is 33.2. The number of likely N-dealkylation sites (tertiary alicyclic amines) is 1. The molecule has 0 saturated carbocycles. The van der Waals surface area contributed by atoms with Gasteiger partial charge in [-0.15, -0.1) is 0 Å². The molecule has 0 aromatic rings. The Morgan fingerprint density at radius 2 is 2.33 bits per heavy atom. The number of morpholine rings is 1. The fourth-order valence-electron chi connectivity index (χ4n) is 1.68. The molecule has 2 aliphatic rings. The second-order valence-electron chi connectivity index (χ2n) is 3.51. The summed E-state index contributed by atoms with van der Waals surface area (Å²) in [5, 5.41) is 3.25. The molecule has 0 spiro atoms. The van der Waals surface area contributed by atoms with Crippen molar-refractivity contribution in [1.82, 2.24) is 10.2 Å². The van der Waals surface area contributed by atoms with Gasteiger partial charge in [0.25, 0.3) is 0 Å². The molecule has 4 heteroatoms. The van der Waals surface area contributed by atoms with Gasteiger partial charge in [0.15, 0.2) is 0 Å². The Kier molecular flexibility index (Phi) is 2.58. The van der Waals surface area contributed by atoms with E-state index in [1.54, 1.807) is 0 Å². The maximum absolute atomic E-state index is 12.4. The molecule has 1 N–H and O–H groups in total. The highest BCUT2D eigenvalue weighted by Gasteiger charge is 2.28. The van der Waals surface area contributed by atoms with Crippen molar-refractivity contribution >= 4 is 0 Å². The predicted octanol–water partition coefficient (Wildman–Crippen LogP) is -0.372. The monoisotopic (exact) mass is 174 g/mol. The van der Waals surface area contributed by atoms with E-state index in [0.717, 1.165) is 26.2 Å². The Balaban J connectivity index is 1.65. The summed E-state index contributed by atoms with van der Waals surface area (Å²) >= 11 is 0. The van der Waals surface area contributed by atoms with Crippen LogP contribution in [-0.4, -0.2) is 56.5 Å². The van der Waals surface area contributed by atoms with Crippen molar-refractivity contribution in [2.45, 2.75) is 12.3 Å². The molecule has 0 unspecified atom stereocenters. The molecule has 0 aromatic carbocycles. The summed E-state index contributed by atoms with van der Waals surface area (Å²) in [5.74, 6) is 0. The van der Waals surface area contributed by atoms with Crippen LogP contribution in [-0.2, 0) is 4.74 Å². The van der Waals surface area contributed by atoms with Gasteiger partial charge in [-0.3, -0.25) is 4.90 Å². The topological polar surface area (TPSA) is 24.5 Å². The van der Waals surface area contributed by atoms with Gasteiger partial charge < -0.3 is 10.1 Å². The third kappa shape index (κ3) is 1.94. The molecule has 2 heterocycles. The zero-order valence-corrected chi connectivity index (χ0v) is 7.13. The van der Waals surface area contributed by atoms with Crippen LogP contribution in [0.2, 0.25) is 0 Å². The Bertz CT molecular complexity index is 144. The summed E-state index contributed by atoms with van der Waals surface area (Å²) in [5.41, 5.74) is 0. The number of hydrogen-bond donors (Lipinski definition) is 1. The Morgan fingerprint density at radius 1 is 1.50 bits per heavy atom. The molecule has 0 aliphatic carbocycles. The maximum atomic E-state index is 12.4. The molecule has 0 bridgehead atoms. The van der Waals surface area contributed by atoms with Gasteiger partial charge in [-0.1, -0.05) is 0 Å². The van der Waals surface area contributed by atoms with Crippen LogP contribution in [0.1, 0.15) is 0 Å². The molecule has 2 rings (SSSR count). The summed E-state index contributed by atoms with van der Waals surface area (Å²) in [7, 11) is 0. The lowest BCUT2D eigenvalue weighted by Crippen LogP contribution is -2.54. The molecule has 2 aliphatic heterocycles. The number of ether oxygens (including phenoxy) is 1. The van der Waals surface area contributed by atoms with E-state index in [1.807, 2.05) is 0 Å². The molecule has 12 heavy (non-hydrogen) atoms. The number of nitrogens with zero attached hydrogens (tertiary/aromatic N) is 1. The van der Waals surface area contributed by atoms with Crippen LogP contribution in [0.25, 0.3) is 0 Å². The average molecular weight is 174 g/mol. The van der Waals surface area contributed by atoms with Gasteiger partial charge in [0.1, 0.15) is 6.17 Å². The molecule has 0 aromatic heterocycles. The lowest BCUT2D eigenvalue weighted by atomic mass is 10.1. The van der Waals surface area contributed by atoms with E-state index in [9.17, 15) is 4.39 Å². The van der Waals surface area contributed by atoms with Crippen molar-refractivity contribution in [3.05, 3.63) is 0 Å². The van der Waals surface area contributed by atoms with Gasteiger partial charge in [-0.05, 0) is 0 Å². The molecule has 2 saturated heterocycles. The molecular formula is C8H15FN2O. The highest BCUT2D eigenvalue weighted by atomic mass is 19.1. The van der Waals surface area contributed by atoms with Gasteiger partial charge in [0, 0.05) is 32.7 Å². The van der Waals surface area contributed by atoms with Gasteiger partial charge in [-0.2, -0.15) is 0 Å². The first-order valence-electron chi connectivity index (χ1n) is 4.53. The van der Waals surface area contributed by atoms with Crippen LogP contribution in [0, 0.1) is 0 Å². The second kappa shape index (κ2) is 3.68. The number of alkyl halides is 1. The summed E-state index contributed by atoms with van der Waals surface area (Å²) in [6.07, 6.45) is -0.326. The zero-order chi connectivity index (χ0) is 8.39. The standard InChI is InChI=1S/C8H15FN2O/c9-7-4-11(5-7)6-8-3-10-1-2-12-8/h7-8,10H,1-6H2/t8-/m1/s1. The summed E-state index contributed by atoms with van der Waals surface area (Å²) < 4.78 is 17.9. The first-order chi connectivity index (χ1) is 5.84. The summed E-state index contributed by atoms with van der Waals surface area (Å²) in [6, 6.07) is 0. The molecule has 70 valence electrons. The predicted molar refractivity (Wildman–Crippen MR) is 43.9 cm³/mol. The number of rotatable bonds is 2. The lowest BCUT2D eigenvalue weighted by Gasteiger charge is -2.37. The molecule has 1 atom stereocenters. The van der Waals surface area contributed by atoms with Gasteiger partial charge in [0.05, 0.1) is 12.7 Å². The molecular weight excluding hydrogens is 159 g/mol. The smallest absolute Gasteiger partial charge is 0.125 e. The lowest BCUT2D eigenvalue weighted by molar-refractivity contribution is -0.0268. The van der Waals surface area contributed by atoms with Crippen LogP contribution < -0.4 is 5.32 Å². The first kappa shape index (κ1) is 8.41. The van der Waals surface area contributed by atoms with Gasteiger partial charge in [-0.25, -0.2) is 4.39 Å². The third-order valence-electron chi connectivity index (χ3n) is 2.38. The van der Waals surface area contributed by atoms with Gasteiger partial charge in [0.2, 0.25) is 0 Å². The van der Waals surface area contributed by atoms with Crippen molar-refractivity contribution in [3.8, 4) is 0 Å². The Morgan fingerprint density at radius 3 is 2.92 bits per heavy atom. The number of hydrogen-bond acceptors (Lipinski definition) is 3. The molecule has 3 nitrogen and oxygen atoms in total. The second-order valence-corrected chi connectivity index (χ2v) is 3.51. The van der Waals surface area contributed by atoms with E-state index < -0.39 is 6.17 Å². The zero-order valence-electron chi connectivity index (χ0n) is 7.13. The Labute approximate surface area is 71.9 Å². The SMILES string of the molecule is FC1CN(C[C@H]2CNCCO2)C1.